The van der Waals surface area contributed by atoms with Gasteiger partial charge in [-0.05, 0) is 50.5 Å². The highest BCUT2D eigenvalue weighted by molar-refractivity contribution is 5.97. The predicted molar refractivity (Wildman–Crippen MR) is 183 cm³/mol. The second-order valence-corrected chi connectivity index (χ2v) is 13.5. The highest BCUT2D eigenvalue weighted by Crippen LogP contribution is 2.46. The molecule has 0 unspecified atom stereocenters. The average molecular weight is 749 g/mol. The van der Waals surface area contributed by atoms with Gasteiger partial charge in [0.05, 0.1) is 41.5 Å². The summed E-state index contributed by atoms with van der Waals surface area (Å²) in [5, 5.41) is 22.2. The number of pyridine rings is 2. The van der Waals surface area contributed by atoms with Gasteiger partial charge >= 0.3 is 6.18 Å². The van der Waals surface area contributed by atoms with Crippen LogP contribution in [0, 0.1) is 12.7 Å². The summed E-state index contributed by atoms with van der Waals surface area (Å²) in [6.07, 6.45) is -0.686. The molecule has 4 atom stereocenters. The first-order valence-corrected chi connectivity index (χ1v) is 17.1. The average Bonchev–Trinajstić information content (AvgIpc) is 3.72. The van der Waals surface area contributed by atoms with Gasteiger partial charge in [0.25, 0.3) is 5.91 Å². The number of rotatable bonds is 6. The van der Waals surface area contributed by atoms with Gasteiger partial charge in [-0.15, -0.1) is 15.0 Å². The number of aromatic nitrogens is 7. The van der Waals surface area contributed by atoms with Crippen molar-refractivity contribution in [3.8, 4) is 17.3 Å². The number of ether oxygens (including phenoxy) is 1. The Labute approximate surface area is 303 Å². The molecular weight excluding hydrogens is 716 g/mol. The Bertz CT molecular complexity index is 2420. The van der Waals surface area contributed by atoms with Crippen molar-refractivity contribution in [1.29, 1.82) is 0 Å². The van der Waals surface area contributed by atoms with E-state index in [0.717, 1.165) is 6.07 Å². The molecule has 4 aromatic heterocycles. The van der Waals surface area contributed by atoms with Gasteiger partial charge < -0.3 is 29.5 Å². The summed E-state index contributed by atoms with van der Waals surface area (Å²) in [7, 11) is 1.44. The molecule has 1 aliphatic carbocycles. The zero-order chi connectivity index (χ0) is 38.2. The Morgan fingerprint density at radius 3 is 2.52 bits per heavy atom. The van der Waals surface area contributed by atoms with E-state index in [9.17, 15) is 37.1 Å². The third-order valence-electron chi connectivity index (χ3n) is 10.5. The van der Waals surface area contributed by atoms with E-state index in [4.69, 9.17) is 4.74 Å². The molecule has 8 rings (SSSR count). The summed E-state index contributed by atoms with van der Waals surface area (Å²) >= 11 is 0. The summed E-state index contributed by atoms with van der Waals surface area (Å²) in [4.78, 5) is 59.2. The highest BCUT2D eigenvalue weighted by atomic mass is 19.4. The zero-order valence-corrected chi connectivity index (χ0v) is 29.0. The zero-order valence-electron chi connectivity index (χ0n) is 29.0. The SMILES string of the molecule is COc1cc(-n2nc3c(=O)c(N4CCN(C(=O)c5ncnc(C)c5O)[C@H]5CC[C@@H]54)c4n(c3n2)[C@@H](C(=O)Nc2ccc(C(F)(F)F)cc2F)C[C@@H]4C)ccn1. The number of aryl methyl sites for hydroxylation is 1. The third-order valence-corrected chi connectivity index (χ3v) is 10.5. The number of nitrogens with one attached hydrogen (secondary N) is 1. The van der Waals surface area contributed by atoms with E-state index >= 15 is 0 Å². The number of carbonyl (C=O) groups is 2. The van der Waals surface area contributed by atoms with E-state index in [1.54, 1.807) is 28.5 Å². The molecule has 15 nitrogen and oxygen atoms in total. The molecule has 0 radical (unpaired) electrons. The van der Waals surface area contributed by atoms with Crippen LogP contribution in [0.5, 0.6) is 11.6 Å². The molecule has 0 bridgehead atoms. The van der Waals surface area contributed by atoms with Crippen LogP contribution in [0.3, 0.4) is 0 Å². The normalized spacial score (nSPS) is 20.7. The highest BCUT2D eigenvalue weighted by Gasteiger charge is 2.49. The summed E-state index contributed by atoms with van der Waals surface area (Å²) in [6, 6.07) is 3.31. The first-order valence-electron chi connectivity index (χ1n) is 17.1. The lowest BCUT2D eigenvalue weighted by Crippen LogP contribution is -2.67. The molecule has 54 heavy (non-hydrogen) atoms. The maximum atomic E-state index is 14.9. The topological polar surface area (TPSA) is 173 Å². The van der Waals surface area contributed by atoms with Crippen molar-refractivity contribution in [2.24, 2.45) is 0 Å². The lowest BCUT2D eigenvalue weighted by atomic mass is 9.81. The van der Waals surface area contributed by atoms with Gasteiger partial charge in [-0.25, -0.2) is 19.3 Å². The number of piperazine rings is 1. The molecule has 2 amide bonds. The molecule has 2 N–H and O–H groups in total. The smallest absolute Gasteiger partial charge is 0.416 e. The molecule has 280 valence electrons. The lowest BCUT2D eigenvalue weighted by Gasteiger charge is -2.54. The minimum atomic E-state index is -4.78. The van der Waals surface area contributed by atoms with Crippen molar-refractivity contribution >= 4 is 34.4 Å². The fourth-order valence-electron chi connectivity index (χ4n) is 7.69. The Morgan fingerprint density at radius 2 is 1.81 bits per heavy atom. The third kappa shape index (κ3) is 5.56. The van der Waals surface area contributed by atoms with Crippen molar-refractivity contribution < 1.29 is 37.0 Å². The molecular formula is C35H32F4N10O5. The fraction of sp³-hybridized carbons (Fsp3) is 0.371. The molecule has 1 aromatic carbocycles. The first kappa shape index (κ1) is 34.9. The molecule has 1 saturated carbocycles. The fourth-order valence-corrected chi connectivity index (χ4v) is 7.69. The van der Waals surface area contributed by atoms with Crippen molar-refractivity contribution in [3.63, 3.8) is 0 Å². The van der Waals surface area contributed by atoms with Crippen LogP contribution in [-0.2, 0) is 11.0 Å². The van der Waals surface area contributed by atoms with E-state index < -0.39 is 52.4 Å². The second-order valence-electron chi connectivity index (χ2n) is 13.5. The summed E-state index contributed by atoms with van der Waals surface area (Å²) < 4.78 is 61.5. The number of anilines is 2. The van der Waals surface area contributed by atoms with Gasteiger partial charge in [0.2, 0.25) is 17.2 Å². The largest absolute Gasteiger partial charge is 0.504 e. The number of fused-ring (bicyclic) bond motifs is 4. The monoisotopic (exact) mass is 748 g/mol. The van der Waals surface area contributed by atoms with E-state index in [2.05, 4.69) is 30.5 Å². The van der Waals surface area contributed by atoms with Crippen LogP contribution in [-0.4, -0.2) is 88.6 Å². The molecule has 5 aromatic rings. The van der Waals surface area contributed by atoms with Crippen LogP contribution in [0.2, 0.25) is 0 Å². The van der Waals surface area contributed by atoms with Gasteiger partial charge in [0.15, 0.2) is 22.6 Å². The molecule has 3 aliphatic rings. The standard InChI is InChI=1S/C35H32F4N10O5/c1-16-12-24(33(52)43-21-5-4-18(13-20(21)36)35(37,38)39)48-28(16)29(31(51)26-32(48)45-49(44-26)19-8-9-40-25(14-19)54-3)46-10-11-47(23-7-6-22(23)46)34(53)27-30(50)17(2)41-15-42-27/h4-5,8-9,13-16,22-24,50H,6-7,10-12H2,1-3H3,(H,43,52)/t16-,22-,23-,24+/m0/s1. The number of methoxy groups -OCH3 is 1. The summed E-state index contributed by atoms with van der Waals surface area (Å²) in [6.45, 7) is 3.82. The summed E-state index contributed by atoms with van der Waals surface area (Å²) in [5.41, 5.74) is -0.758. The molecule has 2 aliphatic heterocycles. The summed E-state index contributed by atoms with van der Waals surface area (Å²) in [5.74, 6) is -2.91. The Balaban J connectivity index is 1.22. The van der Waals surface area contributed by atoms with E-state index in [1.807, 2.05) is 11.8 Å². The Kier molecular flexibility index (Phi) is 8.26. The van der Waals surface area contributed by atoms with Crippen LogP contribution in [0.25, 0.3) is 16.9 Å². The number of carbonyl (C=O) groups excluding carboxylic acids is 2. The van der Waals surface area contributed by atoms with Crippen LogP contribution >= 0.6 is 0 Å². The van der Waals surface area contributed by atoms with Crippen LogP contribution in [0.1, 0.15) is 65.6 Å². The van der Waals surface area contributed by atoms with E-state index in [0.29, 0.717) is 36.4 Å². The molecule has 19 heteroatoms. The van der Waals surface area contributed by atoms with Gasteiger partial charge in [0.1, 0.15) is 23.9 Å². The van der Waals surface area contributed by atoms with E-state index in [-0.39, 0.29) is 71.5 Å². The van der Waals surface area contributed by atoms with Gasteiger partial charge in [-0.3, -0.25) is 14.4 Å². The Hall–Kier alpha value is -6.14. The number of hydrogen-bond acceptors (Lipinski definition) is 11. The number of halogens is 4. The number of alkyl halides is 3. The maximum absolute atomic E-state index is 14.9. The van der Waals surface area contributed by atoms with Crippen molar-refractivity contribution in [2.75, 3.05) is 30.4 Å². The number of hydrogen-bond donors (Lipinski definition) is 2. The van der Waals surface area contributed by atoms with Crippen LogP contribution < -0.4 is 20.4 Å². The lowest BCUT2D eigenvalue weighted by molar-refractivity contribution is -0.137. The number of benzene rings is 1. The van der Waals surface area contributed by atoms with Gasteiger partial charge in [-0.2, -0.15) is 13.2 Å². The van der Waals surface area contributed by atoms with E-state index in [1.165, 1.54) is 24.4 Å². The van der Waals surface area contributed by atoms with Gasteiger partial charge in [-0.1, -0.05) is 6.92 Å². The Morgan fingerprint density at radius 1 is 1.04 bits per heavy atom. The van der Waals surface area contributed by atoms with Crippen LogP contribution in [0.15, 0.2) is 47.7 Å². The second kappa shape index (κ2) is 12.8. The van der Waals surface area contributed by atoms with Crippen LogP contribution in [0.4, 0.5) is 28.9 Å². The first-order chi connectivity index (χ1) is 25.8. The molecule has 1 saturated heterocycles. The minimum absolute atomic E-state index is 0.0621. The molecule has 2 fully saturated rings. The van der Waals surface area contributed by atoms with Crippen molar-refractivity contribution in [3.05, 3.63) is 81.5 Å². The number of nitrogens with zero attached hydrogens (tertiary/aromatic N) is 9. The predicted octanol–water partition coefficient (Wildman–Crippen LogP) is 4.13. The van der Waals surface area contributed by atoms with Crippen molar-refractivity contribution in [2.45, 2.75) is 63.3 Å². The van der Waals surface area contributed by atoms with Gasteiger partial charge in [0, 0.05) is 37.3 Å². The number of aromatic hydroxyl groups is 1. The minimum Gasteiger partial charge on any atom is -0.504 e. The number of amides is 2. The van der Waals surface area contributed by atoms with Crippen molar-refractivity contribution in [1.82, 2.24) is 39.4 Å². The quantitative estimate of drug-likeness (QED) is 0.239. The molecule has 0 spiro atoms. The maximum Gasteiger partial charge on any atom is 0.416 e. The molecule has 6 heterocycles.